The van der Waals surface area contributed by atoms with Gasteiger partial charge in [-0.1, -0.05) is 0 Å². The number of halogens is 6. The number of nitrogens with zero attached hydrogens (tertiary/aromatic N) is 6. The third-order valence-electron chi connectivity index (χ3n) is 6.15. The smallest absolute Gasteiger partial charge is 0.373 e. The van der Waals surface area contributed by atoms with E-state index in [2.05, 4.69) is 35.1 Å². The lowest BCUT2D eigenvalue weighted by Crippen LogP contribution is -2.45. The molecular weight excluding hydrogens is 540 g/mol. The molecule has 0 radical (unpaired) electrons. The molecule has 1 fully saturated rings. The highest BCUT2D eigenvalue weighted by Gasteiger charge is 2.35. The van der Waals surface area contributed by atoms with E-state index in [0.717, 1.165) is 18.3 Å². The van der Waals surface area contributed by atoms with Gasteiger partial charge in [0.1, 0.15) is 17.0 Å². The Balaban J connectivity index is 1.57. The lowest BCUT2D eigenvalue weighted by molar-refractivity contribution is -0.141. The first-order valence-corrected chi connectivity index (χ1v) is 12.2. The van der Waals surface area contributed by atoms with Gasteiger partial charge in [0, 0.05) is 31.0 Å². The van der Waals surface area contributed by atoms with E-state index < -0.39 is 23.6 Å². The molecule has 14 heteroatoms. The van der Waals surface area contributed by atoms with Gasteiger partial charge >= 0.3 is 12.4 Å². The Kier molecular flexibility index (Phi) is 7.31. The molecule has 40 heavy (non-hydrogen) atoms. The van der Waals surface area contributed by atoms with Crippen molar-refractivity contribution in [2.75, 3.05) is 18.4 Å². The fourth-order valence-corrected chi connectivity index (χ4v) is 4.60. The van der Waals surface area contributed by atoms with Crippen LogP contribution in [0.1, 0.15) is 30.9 Å². The van der Waals surface area contributed by atoms with Crippen LogP contribution in [-0.4, -0.2) is 55.1 Å². The van der Waals surface area contributed by atoms with Crippen molar-refractivity contribution >= 4 is 22.5 Å². The van der Waals surface area contributed by atoms with Gasteiger partial charge in [-0.25, -0.2) is 19.9 Å². The van der Waals surface area contributed by atoms with Crippen LogP contribution in [0.2, 0.25) is 0 Å². The Bertz CT molecular complexity index is 1500. The number of nitrogens with one attached hydrogen (secondary N) is 1. The molecule has 0 spiro atoms. The second kappa shape index (κ2) is 10.6. The average Bonchev–Trinajstić information content (AvgIpc) is 2.87. The summed E-state index contributed by atoms with van der Waals surface area (Å²) in [6, 6.07) is 5.60. The highest BCUT2D eigenvalue weighted by molar-refractivity contribution is 5.89. The van der Waals surface area contributed by atoms with Crippen LogP contribution in [0.15, 0.2) is 48.9 Å². The lowest BCUT2D eigenvalue weighted by Gasteiger charge is -2.34. The van der Waals surface area contributed by atoms with Gasteiger partial charge in [0.15, 0.2) is 5.82 Å². The molecule has 0 unspecified atom stereocenters. The van der Waals surface area contributed by atoms with Crippen LogP contribution >= 0.6 is 0 Å². The molecule has 0 aromatic carbocycles. The number of rotatable bonds is 5. The zero-order valence-corrected chi connectivity index (χ0v) is 21.3. The van der Waals surface area contributed by atoms with E-state index >= 15 is 0 Å². The molecule has 1 aliphatic heterocycles. The minimum absolute atomic E-state index is 0.0294. The van der Waals surface area contributed by atoms with Crippen molar-refractivity contribution in [2.24, 2.45) is 0 Å². The Labute approximate surface area is 224 Å². The lowest BCUT2D eigenvalue weighted by atomic mass is 10.1. The number of fused-ring (bicyclic) bond motifs is 1. The number of anilines is 2. The van der Waals surface area contributed by atoms with E-state index in [1.54, 1.807) is 0 Å². The maximum Gasteiger partial charge on any atom is 0.433 e. The molecule has 0 aliphatic carbocycles. The molecule has 1 saturated heterocycles. The second-order valence-corrected chi connectivity index (χ2v) is 9.48. The van der Waals surface area contributed by atoms with Gasteiger partial charge in [0.05, 0.1) is 47.4 Å². The molecule has 0 saturated carbocycles. The second-order valence-electron chi connectivity index (χ2n) is 9.48. The topological polar surface area (TPSA) is 89.0 Å². The Morgan fingerprint density at radius 1 is 0.925 bits per heavy atom. The van der Waals surface area contributed by atoms with Crippen LogP contribution in [-0.2, 0) is 23.6 Å². The fourth-order valence-electron chi connectivity index (χ4n) is 4.60. The van der Waals surface area contributed by atoms with Crippen molar-refractivity contribution in [3.8, 4) is 11.3 Å². The molecule has 0 amide bonds. The molecule has 1 N–H and O–H groups in total. The molecular formula is C26H23F6N7O. The van der Waals surface area contributed by atoms with E-state index in [1.807, 2.05) is 13.8 Å². The van der Waals surface area contributed by atoms with E-state index in [-0.39, 0.29) is 46.0 Å². The molecule has 0 bridgehead atoms. The summed E-state index contributed by atoms with van der Waals surface area (Å²) in [5.41, 5.74) is -1.53. The Morgan fingerprint density at radius 3 is 2.33 bits per heavy atom. The highest BCUT2D eigenvalue weighted by Crippen LogP contribution is 2.36. The van der Waals surface area contributed by atoms with Gasteiger partial charge in [0.2, 0.25) is 0 Å². The van der Waals surface area contributed by atoms with Crippen molar-refractivity contribution in [2.45, 2.75) is 45.0 Å². The van der Waals surface area contributed by atoms with Crippen LogP contribution in [0.25, 0.3) is 22.3 Å². The number of ether oxygens (including phenoxy) is 1. The summed E-state index contributed by atoms with van der Waals surface area (Å²) in [5.74, 6) is 0.506. The highest BCUT2D eigenvalue weighted by atomic mass is 19.4. The van der Waals surface area contributed by atoms with Crippen LogP contribution < -0.4 is 5.32 Å². The van der Waals surface area contributed by atoms with Gasteiger partial charge in [-0.15, -0.1) is 0 Å². The fraction of sp³-hybridized carbons (Fsp3) is 0.346. The van der Waals surface area contributed by atoms with Gasteiger partial charge in [0.25, 0.3) is 0 Å². The van der Waals surface area contributed by atoms with Crippen molar-refractivity contribution < 1.29 is 31.1 Å². The molecule has 4 aromatic rings. The van der Waals surface area contributed by atoms with Gasteiger partial charge in [-0.05, 0) is 44.2 Å². The molecule has 5 heterocycles. The molecule has 210 valence electrons. The van der Waals surface area contributed by atoms with E-state index in [9.17, 15) is 26.3 Å². The molecule has 2 atom stereocenters. The number of hydrogen-bond donors (Lipinski definition) is 1. The minimum atomic E-state index is -4.64. The van der Waals surface area contributed by atoms with Gasteiger partial charge < -0.3 is 10.1 Å². The average molecular weight is 564 g/mol. The number of alkyl halides is 6. The zero-order chi connectivity index (χ0) is 28.7. The summed E-state index contributed by atoms with van der Waals surface area (Å²) in [6.45, 7) is 5.40. The summed E-state index contributed by atoms with van der Waals surface area (Å²) in [6.07, 6.45) is -5.80. The summed E-state index contributed by atoms with van der Waals surface area (Å²) >= 11 is 0. The van der Waals surface area contributed by atoms with E-state index in [4.69, 9.17) is 4.74 Å². The van der Waals surface area contributed by atoms with Crippen LogP contribution in [0.5, 0.6) is 0 Å². The first-order valence-electron chi connectivity index (χ1n) is 12.2. The van der Waals surface area contributed by atoms with E-state index in [1.165, 1.54) is 30.6 Å². The Hall–Kier alpha value is -3.91. The predicted molar refractivity (Wildman–Crippen MR) is 133 cm³/mol. The van der Waals surface area contributed by atoms with Crippen molar-refractivity contribution in [3.05, 3.63) is 66.0 Å². The van der Waals surface area contributed by atoms with Crippen LogP contribution in [0.4, 0.5) is 37.8 Å². The monoisotopic (exact) mass is 563 g/mol. The maximum absolute atomic E-state index is 13.7. The third-order valence-corrected chi connectivity index (χ3v) is 6.15. The van der Waals surface area contributed by atoms with Crippen molar-refractivity contribution in [1.82, 2.24) is 29.8 Å². The van der Waals surface area contributed by atoms with Crippen molar-refractivity contribution in [3.63, 3.8) is 0 Å². The Morgan fingerprint density at radius 2 is 1.68 bits per heavy atom. The predicted octanol–water partition coefficient (Wildman–Crippen LogP) is 5.87. The standard InChI is InChI=1S/C26H23F6N7O/c1-14-11-39(12-15(2)40-14)13-21-37-19-8-16(22-18(25(27,28)29)4-3-7-33-22)9-35-23(19)24(38-21)36-17-5-6-20(34-10-17)26(30,31)32/h3-10,14-15H,11-13H2,1-2H3,(H,36,37,38)/t14-,15+. The zero-order valence-electron chi connectivity index (χ0n) is 21.3. The van der Waals surface area contributed by atoms with Gasteiger partial charge in [-0.2, -0.15) is 26.3 Å². The first kappa shape index (κ1) is 27.6. The van der Waals surface area contributed by atoms with Gasteiger partial charge in [-0.3, -0.25) is 9.88 Å². The number of hydrogen-bond acceptors (Lipinski definition) is 8. The van der Waals surface area contributed by atoms with E-state index in [0.29, 0.717) is 25.5 Å². The third kappa shape index (κ3) is 6.12. The number of aromatic nitrogens is 5. The normalized spacial score (nSPS) is 18.7. The molecule has 8 nitrogen and oxygen atoms in total. The SMILES string of the molecule is C[C@@H]1CN(Cc2nc(Nc3ccc(C(F)(F)F)nc3)c3ncc(-c4ncccc4C(F)(F)F)cc3n2)C[C@H](C)O1. The largest absolute Gasteiger partial charge is 0.433 e. The number of pyridine rings is 3. The number of morpholine rings is 1. The van der Waals surface area contributed by atoms with Crippen LogP contribution in [0.3, 0.4) is 0 Å². The molecule has 1 aliphatic rings. The summed E-state index contributed by atoms with van der Waals surface area (Å²) in [5, 5.41) is 2.93. The van der Waals surface area contributed by atoms with Crippen LogP contribution in [0, 0.1) is 0 Å². The summed E-state index contributed by atoms with van der Waals surface area (Å²) < 4.78 is 85.6. The maximum atomic E-state index is 13.7. The summed E-state index contributed by atoms with van der Waals surface area (Å²) in [4.78, 5) is 22.9. The molecule has 5 rings (SSSR count). The van der Waals surface area contributed by atoms with Crippen molar-refractivity contribution in [1.29, 1.82) is 0 Å². The molecule has 4 aromatic heterocycles. The first-order chi connectivity index (χ1) is 18.9. The minimum Gasteiger partial charge on any atom is -0.373 e. The quantitative estimate of drug-likeness (QED) is 0.302. The summed E-state index contributed by atoms with van der Waals surface area (Å²) in [7, 11) is 0.